The monoisotopic (exact) mass is 350 g/mol. The zero-order valence-corrected chi connectivity index (χ0v) is 15.3. The van der Waals surface area contributed by atoms with Crippen LogP contribution in [0.4, 0.5) is 0 Å². The van der Waals surface area contributed by atoms with Gasteiger partial charge in [0, 0.05) is 0 Å². The van der Waals surface area contributed by atoms with Gasteiger partial charge in [-0.2, -0.15) is 4.31 Å². The van der Waals surface area contributed by atoms with E-state index >= 15 is 0 Å². The van der Waals surface area contributed by atoms with Gasteiger partial charge in [0.15, 0.2) is 0 Å². The molecule has 0 aliphatic rings. The molecule has 0 aromatic carbocycles. The van der Waals surface area contributed by atoms with Crippen LogP contribution >= 0.6 is 15.6 Å². The van der Waals surface area contributed by atoms with Crippen LogP contribution in [0.3, 0.4) is 0 Å². The number of rotatable bonds is 10. The van der Waals surface area contributed by atoms with Crippen LogP contribution in [-0.2, 0) is 22.5 Å². The van der Waals surface area contributed by atoms with E-state index in [2.05, 4.69) is 13.4 Å². The van der Waals surface area contributed by atoms with Crippen LogP contribution in [0.5, 0.6) is 0 Å². The number of nitrogens with zero attached hydrogens (tertiary/aromatic N) is 2. The Morgan fingerprint density at radius 3 is 1.29 bits per heavy atom. The van der Waals surface area contributed by atoms with E-state index in [9.17, 15) is 18.9 Å². The van der Waals surface area contributed by atoms with Crippen molar-refractivity contribution in [3.8, 4) is 0 Å². The standard InChI is InChI=1S/C10H26N2O7P2/c1-11(2,3)7-9-17-20(13,14)19-21(15,16)18-10-8-12(4,5)6/h7-10H2,1-6H3/p+2. The van der Waals surface area contributed by atoms with Gasteiger partial charge in [-0.1, -0.05) is 0 Å². The minimum Gasteiger partial charge on any atom is -0.329 e. The molecule has 0 saturated heterocycles. The molecule has 0 aliphatic heterocycles. The van der Waals surface area contributed by atoms with Gasteiger partial charge in [-0.3, -0.25) is 9.05 Å². The maximum Gasteiger partial charge on any atom is 0.481 e. The van der Waals surface area contributed by atoms with E-state index < -0.39 is 15.6 Å². The molecule has 2 unspecified atom stereocenters. The lowest BCUT2D eigenvalue weighted by atomic mass is 10.5. The van der Waals surface area contributed by atoms with Crippen LogP contribution in [0.1, 0.15) is 0 Å². The molecule has 0 saturated carbocycles. The van der Waals surface area contributed by atoms with E-state index in [0.29, 0.717) is 22.1 Å². The number of phosphoric ester groups is 2. The number of phosphoric acid groups is 2. The van der Waals surface area contributed by atoms with Gasteiger partial charge in [-0.25, -0.2) is 9.13 Å². The molecule has 128 valence electrons. The predicted molar refractivity (Wildman–Crippen MR) is 78.4 cm³/mol. The first-order valence-corrected chi connectivity index (χ1v) is 9.38. The molecule has 21 heavy (non-hydrogen) atoms. The summed E-state index contributed by atoms with van der Waals surface area (Å²) in [4.78, 5) is 18.8. The lowest BCUT2D eigenvalue weighted by Crippen LogP contribution is -2.37. The predicted octanol–water partition coefficient (Wildman–Crippen LogP) is 0.649. The van der Waals surface area contributed by atoms with Crippen LogP contribution in [0.15, 0.2) is 0 Å². The summed E-state index contributed by atoms with van der Waals surface area (Å²) < 4.78 is 37.7. The Kier molecular flexibility index (Phi) is 7.70. The first-order valence-electron chi connectivity index (χ1n) is 6.39. The van der Waals surface area contributed by atoms with E-state index in [-0.39, 0.29) is 13.2 Å². The normalized spacial score (nSPS) is 19.0. The second-order valence-corrected chi connectivity index (χ2v) is 9.76. The minimum absolute atomic E-state index is 0.0871. The van der Waals surface area contributed by atoms with E-state index in [1.807, 2.05) is 42.3 Å². The highest BCUT2D eigenvalue weighted by Gasteiger charge is 2.35. The fourth-order valence-corrected chi connectivity index (χ4v) is 3.08. The zero-order chi connectivity index (χ0) is 16.9. The molecule has 0 fully saturated rings. The summed E-state index contributed by atoms with van der Waals surface area (Å²) >= 11 is 0. The molecule has 9 nitrogen and oxygen atoms in total. The van der Waals surface area contributed by atoms with Gasteiger partial charge >= 0.3 is 15.6 Å². The maximum atomic E-state index is 11.6. The summed E-state index contributed by atoms with van der Waals surface area (Å²) in [6, 6.07) is 0. The van der Waals surface area contributed by atoms with Crippen molar-refractivity contribution in [2.24, 2.45) is 0 Å². The summed E-state index contributed by atoms with van der Waals surface area (Å²) in [5.41, 5.74) is 0. The SMILES string of the molecule is C[N+](C)(C)CCOP(=O)(O)OP(=O)(O)OCC[N+](C)(C)C. The van der Waals surface area contributed by atoms with Crippen molar-refractivity contribution in [1.82, 2.24) is 0 Å². The van der Waals surface area contributed by atoms with Crippen molar-refractivity contribution < 1.29 is 41.2 Å². The van der Waals surface area contributed by atoms with Crippen molar-refractivity contribution in [2.45, 2.75) is 0 Å². The molecule has 0 amide bonds. The Bertz CT molecular complexity index is 379. The molecule has 2 atom stereocenters. The van der Waals surface area contributed by atoms with Crippen LogP contribution in [-0.4, -0.2) is 87.3 Å². The summed E-state index contributed by atoms with van der Waals surface area (Å²) in [6.45, 7) is 0.699. The average molecular weight is 350 g/mol. The highest BCUT2D eigenvalue weighted by molar-refractivity contribution is 7.61. The Labute approximate surface area is 126 Å². The quantitative estimate of drug-likeness (QED) is 0.440. The molecular formula is C10H28N2O7P2+2. The molecular weight excluding hydrogens is 322 g/mol. The van der Waals surface area contributed by atoms with Crippen LogP contribution < -0.4 is 0 Å². The van der Waals surface area contributed by atoms with Gasteiger partial charge in [0.05, 0.1) is 42.3 Å². The van der Waals surface area contributed by atoms with Gasteiger partial charge in [0.25, 0.3) is 0 Å². The lowest BCUT2D eigenvalue weighted by Gasteiger charge is -2.25. The Hall–Kier alpha value is 0.180. The van der Waals surface area contributed by atoms with Gasteiger partial charge in [-0.15, -0.1) is 0 Å². The average Bonchev–Trinajstić information content (AvgIpc) is 2.09. The molecule has 2 N–H and O–H groups in total. The molecule has 0 heterocycles. The van der Waals surface area contributed by atoms with Gasteiger partial charge in [0.1, 0.15) is 26.3 Å². The zero-order valence-electron chi connectivity index (χ0n) is 13.6. The second-order valence-electron chi connectivity index (χ2n) is 6.71. The third-order valence-corrected chi connectivity index (χ3v) is 4.91. The highest BCUT2D eigenvalue weighted by atomic mass is 31.3. The molecule has 0 aliphatic carbocycles. The Morgan fingerprint density at radius 1 is 0.762 bits per heavy atom. The first-order chi connectivity index (χ1) is 9.12. The highest BCUT2D eigenvalue weighted by Crippen LogP contribution is 2.60. The van der Waals surface area contributed by atoms with Crippen molar-refractivity contribution in [3.05, 3.63) is 0 Å². The Balaban J connectivity index is 4.29. The van der Waals surface area contributed by atoms with E-state index in [1.54, 1.807) is 0 Å². The van der Waals surface area contributed by atoms with Crippen LogP contribution in [0.25, 0.3) is 0 Å². The molecule has 0 bridgehead atoms. The summed E-state index contributed by atoms with van der Waals surface area (Å²) in [7, 11) is 1.97. The first kappa shape index (κ1) is 21.2. The Morgan fingerprint density at radius 2 is 1.05 bits per heavy atom. The second kappa shape index (κ2) is 7.64. The third-order valence-electron chi connectivity index (χ3n) is 2.24. The minimum atomic E-state index is -4.63. The molecule has 0 spiro atoms. The van der Waals surface area contributed by atoms with Crippen molar-refractivity contribution in [1.29, 1.82) is 0 Å². The maximum absolute atomic E-state index is 11.6. The van der Waals surface area contributed by atoms with Crippen molar-refractivity contribution in [2.75, 3.05) is 68.6 Å². The fraction of sp³-hybridized carbons (Fsp3) is 1.00. The number of likely N-dealkylation sites (N-methyl/N-ethyl adjacent to an activating group) is 2. The van der Waals surface area contributed by atoms with Crippen LogP contribution in [0, 0.1) is 0 Å². The number of hydrogen-bond donors (Lipinski definition) is 2. The molecule has 11 heteroatoms. The number of hydrogen-bond acceptors (Lipinski definition) is 5. The topological polar surface area (TPSA) is 102 Å². The molecule has 0 rings (SSSR count). The molecule has 0 aromatic rings. The number of quaternary nitrogens is 2. The fourth-order valence-electron chi connectivity index (χ4n) is 1.04. The van der Waals surface area contributed by atoms with Gasteiger partial charge < -0.3 is 18.8 Å². The molecule has 0 radical (unpaired) electrons. The van der Waals surface area contributed by atoms with Crippen molar-refractivity contribution >= 4 is 15.6 Å². The third kappa shape index (κ3) is 13.6. The van der Waals surface area contributed by atoms with Crippen LogP contribution in [0.2, 0.25) is 0 Å². The van der Waals surface area contributed by atoms with Gasteiger partial charge in [0.2, 0.25) is 0 Å². The van der Waals surface area contributed by atoms with E-state index in [4.69, 9.17) is 0 Å². The largest absolute Gasteiger partial charge is 0.481 e. The molecule has 0 aromatic heterocycles. The van der Waals surface area contributed by atoms with E-state index in [1.165, 1.54) is 0 Å². The smallest absolute Gasteiger partial charge is 0.329 e. The summed E-state index contributed by atoms with van der Waals surface area (Å²) in [5.74, 6) is 0. The summed E-state index contributed by atoms with van der Waals surface area (Å²) in [5, 5.41) is 0. The lowest BCUT2D eigenvalue weighted by molar-refractivity contribution is -0.870. The summed E-state index contributed by atoms with van der Waals surface area (Å²) in [6.07, 6.45) is 0. The van der Waals surface area contributed by atoms with Crippen molar-refractivity contribution in [3.63, 3.8) is 0 Å². The van der Waals surface area contributed by atoms with E-state index in [0.717, 1.165) is 0 Å². The van der Waals surface area contributed by atoms with Gasteiger partial charge in [-0.05, 0) is 0 Å².